The quantitative estimate of drug-likeness (QED) is 0.551. The van der Waals surface area contributed by atoms with Gasteiger partial charge in [0.25, 0.3) is 5.56 Å². The largest absolute Gasteiger partial charge is 0.497 e. The maximum atomic E-state index is 12.4. The summed E-state index contributed by atoms with van der Waals surface area (Å²) in [6, 6.07) is 18.9. The summed E-state index contributed by atoms with van der Waals surface area (Å²) in [4.78, 5) is 17.5. The summed E-state index contributed by atoms with van der Waals surface area (Å²) in [5, 5.41) is 5.13. The van der Waals surface area contributed by atoms with E-state index in [1.165, 1.54) is 21.9 Å². The third-order valence-electron chi connectivity index (χ3n) is 3.85. The predicted octanol–water partition coefficient (Wildman–Crippen LogP) is 4.00. The highest BCUT2D eigenvalue weighted by Crippen LogP contribution is 2.26. The number of methoxy groups -OCH3 is 1. The fourth-order valence-corrected chi connectivity index (χ4v) is 3.43. The van der Waals surface area contributed by atoms with E-state index in [-0.39, 0.29) is 5.56 Å². The van der Waals surface area contributed by atoms with Crippen molar-refractivity contribution in [2.75, 3.05) is 7.11 Å². The third kappa shape index (κ3) is 3.27. The molecule has 0 aliphatic carbocycles. The Kier molecular flexibility index (Phi) is 4.33. The molecular formula is C20H15N3O2S. The second kappa shape index (κ2) is 6.93. The van der Waals surface area contributed by atoms with Crippen LogP contribution in [0.15, 0.2) is 65.5 Å². The zero-order valence-electron chi connectivity index (χ0n) is 14.0. The van der Waals surface area contributed by atoms with Crippen molar-refractivity contribution in [1.29, 1.82) is 0 Å². The zero-order chi connectivity index (χ0) is 17.9. The van der Waals surface area contributed by atoms with Crippen molar-refractivity contribution in [1.82, 2.24) is 14.6 Å². The maximum absolute atomic E-state index is 12.4. The minimum atomic E-state index is -0.196. The number of ether oxygens (including phenoxy) is 1. The van der Waals surface area contributed by atoms with Crippen molar-refractivity contribution in [3.8, 4) is 16.3 Å². The molecule has 0 N–H and O–H groups in total. The number of nitrogens with zero attached hydrogens (tertiary/aromatic N) is 3. The van der Waals surface area contributed by atoms with Gasteiger partial charge in [0, 0.05) is 11.6 Å². The van der Waals surface area contributed by atoms with Crippen LogP contribution in [0.2, 0.25) is 0 Å². The summed E-state index contributed by atoms with van der Waals surface area (Å²) in [5.74, 6) is 0.776. The van der Waals surface area contributed by atoms with Gasteiger partial charge in [0.1, 0.15) is 10.8 Å². The Labute approximate surface area is 153 Å². The normalized spacial score (nSPS) is 11.3. The van der Waals surface area contributed by atoms with Crippen molar-refractivity contribution in [3.63, 3.8) is 0 Å². The smallest absolute Gasteiger partial charge is 0.275 e. The lowest BCUT2D eigenvalue weighted by atomic mass is 10.2. The molecule has 0 radical (unpaired) electrons. The Morgan fingerprint density at radius 3 is 2.54 bits per heavy atom. The van der Waals surface area contributed by atoms with Crippen LogP contribution in [0.3, 0.4) is 0 Å². The van der Waals surface area contributed by atoms with E-state index in [1.54, 1.807) is 7.11 Å². The van der Waals surface area contributed by atoms with Gasteiger partial charge in [-0.15, -0.1) is 0 Å². The molecule has 4 rings (SSSR count). The zero-order valence-corrected chi connectivity index (χ0v) is 14.8. The van der Waals surface area contributed by atoms with Gasteiger partial charge in [-0.2, -0.15) is 9.61 Å². The minimum Gasteiger partial charge on any atom is -0.497 e. The van der Waals surface area contributed by atoms with Crippen LogP contribution in [0.5, 0.6) is 5.75 Å². The predicted molar refractivity (Wildman–Crippen MR) is 104 cm³/mol. The molecule has 128 valence electrons. The average Bonchev–Trinajstić information content (AvgIpc) is 3.12. The molecule has 26 heavy (non-hydrogen) atoms. The number of fused-ring (bicyclic) bond motifs is 1. The number of aromatic nitrogens is 3. The highest BCUT2D eigenvalue weighted by Gasteiger charge is 2.10. The fourth-order valence-electron chi connectivity index (χ4n) is 2.51. The molecule has 2 aromatic heterocycles. The van der Waals surface area contributed by atoms with Gasteiger partial charge < -0.3 is 4.74 Å². The lowest BCUT2D eigenvalue weighted by molar-refractivity contribution is 0.415. The summed E-state index contributed by atoms with van der Waals surface area (Å²) >= 11 is 1.38. The van der Waals surface area contributed by atoms with Crippen LogP contribution in [0, 0.1) is 0 Å². The Bertz CT molecular complexity index is 1130. The number of hydrogen-bond acceptors (Lipinski definition) is 5. The van der Waals surface area contributed by atoms with E-state index in [0.29, 0.717) is 10.7 Å². The number of benzene rings is 2. The Morgan fingerprint density at radius 1 is 1.04 bits per heavy atom. The molecule has 0 fully saturated rings. The number of hydrogen-bond donors (Lipinski definition) is 0. The van der Waals surface area contributed by atoms with Crippen molar-refractivity contribution in [2.24, 2.45) is 0 Å². The van der Waals surface area contributed by atoms with Crippen LogP contribution < -0.4 is 10.3 Å². The maximum Gasteiger partial charge on any atom is 0.275 e. The lowest BCUT2D eigenvalue weighted by Crippen LogP contribution is -2.14. The molecule has 0 saturated carbocycles. The Balaban J connectivity index is 1.70. The topological polar surface area (TPSA) is 56.5 Å². The van der Waals surface area contributed by atoms with E-state index in [0.717, 1.165) is 21.9 Å². The van der Waals surface area contributed by atoms with E-state index in [4.69, 9.17) is 4.74 Å². The van der Waals surface area contributed by atoms with Gasteiger partial charge >= 0.3 is 0 Å². The first-order valence-electron chi connectivity index (χ1n) is 8.01. The third-order valence-corrected chi connectivity index (χ3v) is 4.81. The standard InChI is InChI=1S/C20H15N3O2S/c1-25-17-11-8-15(9-12-17)19-22-23-18(24)13-16(21-20(23)26-19)10-7-14-5-3-2-4-6-14/h2-13H,1H3/b10-7+. The van der Waals surface area contributed by atoms with Gasteiger partial charge in [-0.25, -0.2) is 4.98 Å². The van der Waals surface area contributed by atoms with Gasteiger partial charge in [0.05, 0.1) is 12.8 Å². The van der Waals surface area contributed by atoms with E-state index in [2.05, 4.69) is 10.1 Å². The molecule has 0 saturated heterocycles. The molecule has 0 amide bonds. The minimum absolute atomic E-state index is 0.196. The van der Waals surface area contributed by atoms with Gasteiger partial charge in [0.2, 0.25) is 4.96 Å². The van der Waals surface area contributed by atoms with Gasteiger partial charge in [-0.05, 0) is 35.9 Å². The molecule has 0 aliphatic rings. The molecule has 2 heterocycles. The van der Waals surface area contributed by atoms with Crippen LogP contribution in [0.1, 0.15) is 11.3 Å². The molecule has 0 bridgehead atoms. The molecule has 4 aromatic rings. The summed E-state index contributed by atoms with van der Waals surface area (Å²) in [6.07, 6.45) is 3.77. The van der Waals surface area contributed by atoms with Gasteiger partial charge in [-0.3, -0.25) is 4.79 Å². The van der Waals surface area contributed by atoms with Crippen molar-refractivity contribution in [2.45, 2.75) is 0 Å². The molecular weight excluding hydrogens is 346 g/mol. The van der Waals surface area contributed by atoms with E-state index >= 15 is 0 Å². The lowest BCUT2D eigenvalue weighted by Gasteiger charge is -1.99. The first kappa shape index (κ1) is 16.2. The van der Waals surface area contributed by atoms with E-state index in [9.17, 15) is 4.79 Å². The van der Waals surface area contributed by atoms with Gasteiger partial charge in [0.15, 0.2) is 0 Å². The molecule has 6 heteroatoms. The molecule has 0 atom stereocenters. The summed E-state index contributed by atoms with van der Waals surface area (Å²) in [6.45, 7) is 0. The Hall–Kier alpha value is -3.25. The highest BCUT2D eigenvalue weighted by molar-refractivity contribution is 7.19. The highest BCUT2D eigenvalue weighted by atomic mass is 32.1. The molecule has 0 aliphatic heterocycles. The SMILES string of the molecule is COc1ccc(-c2nn3c(=O)cc(/C=C/c4ccccc4)nc3s2)cc1. The summed E-state index contributed by atoms with van der Waals surface area (Å²) in [7, 11) is 1.63. The number of rotatable bonds is 4. The molecule has 0 unspecified atom stereocenters. The van der Waals surface area contributed by atoms with E-state index in [1.807, 2.05) is 66.7 Å². The molecule has 5 nitrogen and oxygen atoms in total. The van der Waals surface area contributed by atoms with Crippen LogP contribution in [0.25, 0.3) is 27.7 Å². The molecule has 0 spiro atoms. The van der Waals surface area contributed by atoms with Crippen molar-refractivity contribution in [3.05, 3.63) is 82.3 Å². The first-order chi connectivity index (χ1) is 12.7. The Morgan fingerprint density at radius 2 is 1.81 bits per heavy atom. The van der Waals surface area contributed by atoms with Crippen LogP contribution in [0.4, 0.5) is 0 Å². The van der Waals surface area contributed by atoms with E-state index < -0.39 is 0 Å². The fraction of sp³-hybridized carbons (Fsp3) is 0.0500. The molecule has 2 aromatic carbocycles. The van der Waals surface area contributed by atoms with Crippen LogP contribution >= 0.6 is 11.3 Å². The monoisotopic (exact) mass is 361 g/mol. The second-order valence-electron chi connectivity index (χ2n) is 5.59. The second-order valence-corrected chi connectivity index (χ2v) is 6.55. The van der Waals surface area contributed by atoms with Crippen LogP contribution in [-0.2, 0) is 0 Å². The van der Waals surface area contributed by atoms with Crippen molar-refractivity contribution >= 4 is 28.4 Å². The summed E-state index contributed by atoms with van der Waals surface area (Å²) in [5.41, 5.74) is 2.39. The summed E-state index contributed by atoms with van der Waals surface area (Å²) < 4.78 is 6.51. The average molecular weight is 361 g/mol. The van der Waals surface area contributed by atoms with Crippen LogP contribution in [-0.4, -0.2) is 21.7 Å². The van der Waals surface area contributed by atoms with Gasteiger partial charge in [-0.1, -0.05) is 47.7 Å². The first-order valence-corrected chi connectivity index (χ1v) is 8.83. The van der Waals surface area contributed by atoms with Crippen molar-refractivity contribution < 1.29 is 4.74 Å².